The van der Waals surface area contributed by atoms with E-state index in [0.29, 0.717) is 25.3 Å². The van der Waals surface area contributed by atoms with E-state index in [2.05, 4.69) is 5.32 Å². The van der Waals surface area contributed by atoms with E-state index in [9.17, 15) is 21.6 Å². The first-order valence-corrected chi connectivity index (χ1v) is 14.5. The van der Waals surface area contributed by atoms with Crippen molar-refractivity contribution in [2.24, 2.45) is 0 Å². The van der Waals surface area contributed by atoms with E-state index in [1.807, 2.05) is 0 Å². The van der Waals surface area contributed by atoms with Gasteiger partial charge < -0.3 is 10.1 Å². The second kappa shape index (κ2) is 11.7. The van der Waals surface area contributed by atoms with Crippen LogP contribution >= 0.6 is 11.6 Å². The van der Waals surface area contributed by atoms with Crippen LogP contribution in [-0.4, -0.2) is 71.2 Å². The maximum Gasteiger partial charge on any atom is 0.243 e. The van der Waals surface area contributed by atoms with Gasteiger partial charge in [0.1, 0.15) is 5.75 Å². The first-order chi connectivity index (χ1) is 16.6. The van der Waals surface area contributed by atoms with Crippen LogP contribution in [-0.2, 0) is 31.3 Å². The highest BCUT2D eigenvalue weighted by molar-refractivity contribution is 7.89. The maximum atomic E-state index is 12.9. The van der Waals surface area contributed by atoms with Crippen molar-refractivity contribution in [1.82, 2.24) is 13.9 Å². The quantitative estimate of drug-likeness (QED) is 0.466. The highest BCUT2D eigenvalue weighted by Gasteiger charge is 2.27. The molecule has 0 radical (unpaired) electrons. The zero-order chi connectivity index (χ0) is 25.6. The molecule has 1 N–H and O–H groups in total. The van der Waals surface area contributed by atoms with Crippen molar-refractivity contribution >= 4 is 37.6 Å². The molecule has 0 bridgehead atoms. The summed E-state index contributed by atoms with van der Waals surface area (Å²) in [7, 11) is -5.96. The Kier molecular flexibility index (Phi) is 9.16. The zero-order valence-electron chi connectivity index (χ0n) is 19.7. The number of sulfonamides is 2. The third-order valence-electron chi connectivity index (χ3n) is 5.80. The molecule has 1 amide bonds. The number of halogens is 1. The van der Waals surface area contributed by atoms with Crippen LogP contribution in [0.25, 0.3) is 0 Å². The standard InChI is InChI=1S/C23H30ClN3O6S2/c1-3-26(35(31,32)20-10-11-22(33-2)21(24)16-20)17-23(28)25-13-12-18-6-8-19(9-7-18)34(29,30)27-14-4-5-15-27/h6-11,16H,3-5,12-15,17H2,1-2H3,(H,25,28). The molecule has 0 atom stereocenters. The fourth-order valence-electron chi connectivity index (χ4n) is 3.79. The number of rotatable bonds is 11. The SMILES string of the molecule is CCN(CC(=O)NCCc1ccc(S(=O)(=O)N2CCCC2)cc1)S(=O)(=O)c1ccc(OC)c(Cl)c1. The molecule has 0 saturated carbocycles. The van der Waals surface area contributed by atoms with E-state index in [0.717, 1.165) is 22.7 Å². The molecule has 0 aliphatic carbocycles. The lowest BCUT2D eigenvalue weighted by atomic mass is 10.1. The van der Waals surface area contributed by atoms with Gasteiger partial charge in [-0.3, -0.25) is 4.79 Å². The fraction of sp³-hybridized carbons (Fsp3) is 0.435. The molecule has 0 spiro atoms. The summed E-state index contributed by atoms with van der Waals surface area (Å²) in [5.74, 6) is -0.0867. The van der Waals surface area contributed by atoms with Crippen molar-refractivity contribution in [2.75, 3.05) is 39.8 Å². The molecule has 1 aliphatic rings. The van der Waals surface area contributed by atoms with E-state index >= 15 is 0 Å². The van der Waals surface area contributed by atoms with Gasteiger partial charge in [0, 0.05) is 26.2 Å². The van der Waals surface area contributed by atoms with Gasteiger partial charge in [0.25, 0.3) is 0 Å². The van der Waals surface area contributed by atoms with Gasteiger partial charge in [-0.05, 0) is 55.2 Å². The Bertz CT molecular complexity index is 1240. The fourth-order valence-corrected chi connectivity index (χ4v) is 7.06. The van der Waals surface area contributed by atoms with E-state index in [-0.39, 0.29) is 34.4 Å². The highest BCUT2D eigenvalue weighted by atomic mass is 35.5. The van der Waals surface area contributed by atoms with E-state index < -0.39 is 26.0 Å². The van der Waals surface area contributed by atoms with Crippen molar-refractivity contribution in [3.05, 3.63) is 53.1 Å². The lowest BCUT2D eigenvalue weighted by Gasteiger charge is -2.20. The average molecular weight is 544 g/mol. The van der Waals surface area contributed by atoms with E-state index in [1.165, 1.54) is 29.6 Å². The summed E-state index contributed by atoms with van der Waals surface area (Å²) in [6, 6.07) is 10.8. The normalized spacial score (nSPS) is 14.9. The Morgan fingerprint density at radius 1 is 1.06 bits per heavy atom. The van der Waals surface area contributed by atoms with Crippen LogP contribution < -0.4 is 10.1 Å². The molecular formula is C23H30ClN3O6S2. The van der Waals surface area contributed by atoms with Crippen LogP contribution in [0.3, 0.4) is 0 Å². The molecule has 2 aromatic rings. The van der Waals surface area contributed by atoms with Crippen molar-refractivity contribution in [2.45, 2.75) is 36.0 Å². The van der Waals surface area contributed by atoms with Gasteiger partial charge in [0.15, 0.2) is 0 Å². The molecule has 1 saturated heterocycles. The summed E-state index contributed by atoms with van der Waals surface area (Å²) in [6.45, 7) is 2.79. The number of methoxy groups -OCH3 is 1. The monoisotopic (exact) mass is 543 g/mol. The minimum Gasteiger partial charge on any atom is -0.495 e. The lowest BCUT2D eigenvalue weighted by molar-refractivity contribution is -0.121. The van der Waals surface area contributed by atoms with Crippen molar-refractivity contribution < 1.29 is 26.4 Å². The minimum atomic E-state index is -3.93. The van der Waals surface area contributed by atoms with Gasteiger partial charge in [0.05, 0.1) is 28.5 Å². The smallest absolute Gasteiger partial charge is 0.243 e. The first kappa shape index (κ1) is 27.4. The number of benzene rings is 2. The summed E-state index contributed by atoms with van der Waals surface area (Å²) in [5.41, 5.74) is 0.860. The Hall–Kier alpha value is -2.18. The van der Waals surface area contributed by atoms with Gasteiger partial charge in [-0.25, -0.2) is 16.8 Å². The van der Waals surface area contributed by atoms with Crippen molar-refractivity contribution in [1.29, 1.82) is 0 Å². The molecule has 1 heterocycles. The molecular weight excluding hydrogens is 514 g/mol. The zero-order valence-corrected chi connectivity index (χ0v) is 22.1. The minimum absolute atomic E-state index is 0.0260. The van der Waals surface area contributed by atoms with Crippen LogP contribution in [0, 0.1) is 0 Å². The average Bonchev–Trinajstić information content (AvgIpc) is 3.39. The van der Waals surface area contributed by atoms with Gasteiger partial charge >= 0.3 is 0 Å². The molecule has 35 heavy (non-hydrogen) atoms. The van der Waals surface area contributed by atoms with Crippen LogP contribution in [0.15, 0.2) is 52.3 Å². The van der Waals surface area contributed by atoms with E-state index in [1.54, 1.807) is 31.2 Å². The van der Waals surface area contributed by atoms with Gasteiger partial charge in [0.2, 0.25) is 26.0 Å². The number of hydrogen-bond donors (Lipinski definition) is 1. The molecule has 1 fully saturated rings. The number of ether oxygens (including phenoxy) is 1. The second-order valence-corrected chi connectivity index (χ2v) is 12.4. The third-order valence-corrected chi connectivity index (χ3v) is 9.92. The topological polar surface area (TPSA) is 113 Å². The van der Waals surface area contributed by atoms with Crippen LogP contribution in [0.2, 0.25) is 5.02 Å². The summed E-state index contributed by atoms with van der Waals surface area (Å²) in [6.07, 6.45) is 2.23. The number of nitrogens with zero attached hydrogens (tertiary/aromatic N) is 2. The molecule has 0 unspecified atom stereocenters. The number of carbonyl (C=O) groups excluding carboxylic acids is 1. The van der Waals surface area contributed by atoms with Gasteiger partial charge in [-0.2, -0.15) is 8.61 Å². The molecule has 9 nitrogen and oxygen atoms in total. The van der Waals surface area contributed by atoms with Crippen molar-refractivity contribution in [3.63, 3.8) is 0 Å². The number of nitrogens with one attached hydrogen (secondary N) is 1. The molecule has 192 valence electrons. The van der Waals surface area contributed by atoms with Gasteiger partial charge in [-0.15, -0.1) is 0 Å². The second-order valence-electron chi connectivity index (χ2n) is 8.08. The molecule has 0 aromatic heterocycles. The van der Waals surface area contributed by atoms with Crippen molar-refractivity contribution in [3.8, 4) is 5.75 Å². The summed E-state index contributed by atoms with van der Waals surface area (Å²) in [4.78, 5) is 12.7. The Balaban J connectivity index is 1.55. The summed E-state index contributed by atoms with van der Waals surface area (Å²) < 4.78 is 58.7. The number of hydrogen-bond acceptors (Lipinski definition) is 6. The number of amides is 1. The van der Waals surface area contributed by atoms with E-state index in [4.69, 9.17) is 16.3 Å². The Morgan fingerprint density at radius 3 is 2.26 bits per heavy atom. The predicted molar refractivity (Wildman–Crippen MR) is 134 cm³/mol. The van der Waals surface area contributed by atoms with Crippen LogP contribution in [0.4, 0.5) is 0 Å². The summed E-state index contributed by atoms with van der Waals surface area (Å²) in [5, 5.41) is 2.88. The maximum absolute atomic E-state index is 12.9. The van der Waals surface area contributed by atoms with Crippen LogP contribution in [0.5, 0.6) is 5.75 Å². The largest absolute Gasteiger partial charge is 0.495 e. The molecule has 3 rings (SSSR count). The molecule has 1 aliphatic heterocycles. The molecule has 2 aromatic carbocycles. The lowest BCUT2D eigenvalue weighted by Crippen LogP contribution is -2.41. The highest BCUT2D eigenvalue weighted by Crippen LogP contribution is 2.28. The first-order valence-electron chi connectivity index (χ1n) is 11.3. The molecule has 12 heteroatoms. The summed E-state index contributed by atoms with van der Waals surface area (Å²) >= 11 is 6.06. The predicted octanol–water partition coefficient (Wildman–Crippen LogP) is 2.50. The Labute approximate surface area is 212 Å². The van der Waals surface area contributed by atoms with Gasteiger partial charge in [-0.1, -0.05) is 30.7 Å². The number of likely N-dealkylation sites (N-methyl/N-ethyl adjacent to an activating group) is 1. The van der Waals surface area contributed by atoms with Crippen LogP contribution in [0.1, 0.15) is 25.3 Å². The third kappa shape index (κ3) is 6.53. The number of carbonyl (C=O) groups is 1. The Morgan fingerprint density at radius 2 is 1.69 bits per heavy atom.